The molecule has 0 aromatic carbocycles. The highest BCUT2D eigenvalue weighted by Gasteiger charge is 2.43. The number of unbranched alkanes of at least 4 members (excludes halogenated alkanes) is 1. The lowest BCUT2D eigenvalue weighted by molar-refractivity contribution is 0.163. The smallest absolute Gasteiger partial charge is 0.0634 e. The summed E-state index contributed by atoms with van der Waals surface area (Å²) in [6, 6.07) is 0. The third-order valence-corrected chi connectivity index (χ3v) is 3.52. The molecule has 0 amide bonds. The SMILES string of the molecule is [B]C([B])(C(C)(C)C)C(C)(C)CCCC. The van der Waals surface area contributed by atoms with E-state index in [0.717, 1.165) is 6.42 Å². The van der Waals surface area contributed by atoms with Gasteiger partial charge in [0.05, 0.1) is 15.7 Å². The molecule has 0 fully saturated rings. The van der Waals surface area contributed by atoms with Gasteiger partial charge >= 0.3 is 0 Å². The van der Waals surface area contributed by atoms with E-state index in [2.05, 4.69) is 41.5 Å². The second-order valence-corrected chi connectivity index (χ2v) is 6.11. The van der Waals surface area contributed by atoms with Gasteiger partial charge in [0.15, 0.2) is 0 Å². The van der Waals surface area contributed by atoms with Crippen LogP contribution >= 0.6 is 0 Å². The monoisotopic (exact) mass is 190 g/mol. The highest BCUT2D eigenvalue weighted by Crippen LogP contribution is 2.54. The van der Waals surface area contributed by atoms with Crippen molar-refractivity contribution in [2.45, 2.75) is 66.0 Å². The summed E-state index contributed by atoms with van der Waals surface area (Å²) in [7, 11) is 12.6. The number of hydrogen-bond donors (Lipinski definition) is 0. The molecule has 0 aromatic rings. The Bertz CT molecular complexity index is 175. The Balaban J connectivity index is 4.69. The first kappa shape index (κ1) is 14.1. The lowest BCUT2D eigenvalue weighted by Gasteiger charge is -2.52. The Morgan fingerprint density at radius 1 is 0.929 bits per heavy atom. The van der Waals surface area contributed by atoms with E-state index in [0.29, 0.717) is 0 Å². The van der Waals surface area contributed by atoms with Crippen molar-refractivity contribution in [3.8, 4) is 0 Å². The molecule has 0 aliphatic carbocycles. The average molecular weight is 190 g/mol. The van der Waals surface area contributed by atoms with Crippen LogP contribution in [-0.4, -0.2) is 15.7 Å². The maximum atomic E-state index is 6.29. The van der Waals surface area contributed by atoms with Crippen molar-refractivity contribution in [2.75, 3.05) is 0 Å². The van der Waals surface area contributed by atoms with Crippen molar-refractivity contribution in [2.24, 2.45) is 10.8 Å². The summed E-state index contributed by atoms with van der Waals surface area (Å²) < 4.78 is 0. The molecule has 0 unspecified atom stereocenters. The summed E-state index contributed by atoms with van der Waals surface area (Å²) in [4.78, 5) is 0. The zero-order valence-electron chi connectivity index (χ0n) is 10.8. The van der Waals surface area contributed by atoms with Gasteiger partial charge in [0.25, 0.3) is 0 Å². The molecule has 2 heteroatoms. The average Bonchev–Trinajstić information content (AvgIpc) is 1.98. The van der Waals surface area contributed by atoms with Crippen LogP contribution in [-0.2, 0) is 0 Å². The molecule has 0 saturated heterocycles. The molecule has 0 aliphatic heterocycles. The fourth-order valence-corrected chi connectivity index (χ4v) is 1.84. The Labute approximate surface area is 93.1 Å². The summed E-state index contributed by atoms with van der Waals surface area (Å²) in [5.74, 6) is 0. The van der Waals surface area contributed by atoms with Crippen molar-refractivity contribution in [3.05, 3.63) is 0 Å². The molecule has 0 atom stereocenters. The Kier molecular flexibility index (Phi) is 4.37. The van der Waals surface area contributed by atoms with E-state index in [9.17, 15) is 0 Å². The standard InChI is InChI=1S/C12H24B2/c1-7-8-9-11(5,6)12(13,14)10(2,3)4/h7-9H2,1-6H3. The summed E-state index contributed by atoms with van der Waals surface area (Å²) in [5, 5.41) is -0.616. The summed E-state index contributed by atoms with van der Waals surface area (Å²) in [5.41, 5.74) is -0.0779. The van der Waals surface area contributed by atoms with Crippen molar-refractivity contribution < 1.29 is 0 Å². The quantitative estimate of drug-likeness (QED) is 0.592. The van der Waals surface area contributed by atoms with E-state index < -0.39 is 5.21 Å². The predicted molar refractivity (Wildman–Crippen MR) is 67.0 cm³/mol. The van der Waals surface area contributed by atoms with Gasteiger partial charge < -0.3 is 0 Å². The van der Waals surface area contributed by atoms with Gasteiger partial charge in [0.2, 0.25) is 0 Å². The van der Waals surface area contributed by atoms with E-state index in [1.165, 1.54) is 12.8 Å². The van der Waals surface area contributed by atoms with Crippen molar-refractivity contribution in [1.29, 1.82) is 0 Å². The molecule has 0 saturated carbocycles. The highest BCUT2D eigenvalue weighted by atomic mass is 14.4. The lowest BCUT2D eigenvalue weighted by atomic mass is 9.34. The minimum Gasteiger partial charge on any atom is -0.0894 e. The van der Waals surface area contributed by atoms with Crippen LogP contribution in [0.2, 0.25) is 5.21 Å². The van der Waals surface area contributed by atoms with Crippen LogP contribution in [0.15, 0.2) is 0 Å². The van der Waals surface area contributed by atoms with Crippen LogP contribution in [0.3, 0.4) is 0 Å². The van der Waals surface area contributed by atoms with Crippen LogP contribution in [0.1, 0.15) is 60.8 Å². The fourth-order valence-electron chi connectivity index (χ4n) is 1.84. The zero-order chi connectivity index (χ0) is 11.6. The van der Waals surface area contributed by atoms with Gasteiger partial charge in [0, 0.05) is 0 Å². The van der Waals surface area contributed by atoms with Gasteiger partial charge in [-0.25, -0.2) is 0 Å². The topological polar surface area (TPSA) is 0 Å². The lowest BCUT2D eigenvalue weighted by Crippen LogP contribution is -2.42. The summed E-state index contributed by atoms with van der Waals surface area (Å²) in [6.45, 7) is 12.9. The van der Waals surface area contributed by atoms with Crippen molar-refractivity contribution in [1.82, 2.24) is 0 Å². The molecule has 14 heavy (non-hydrogen) atoms. The predicted octanol–water partition coefficient (Wildman–Crippen LogP) is 3.70. The van der Waals surface area contributed by atoms with Crippen molar-refractivity contribution >= 4 is 15.7 Å². The number of hydrogen-bond acceptors (Lipinski definition) is 0. The van der Waals surface area contributed by atoms with Gasteiger partial charge in [-0.05, 0) is 17.3 Å². The first-order valence-electron chi connectivity index (χ1n) is 5.64. The molecule has 0 N–H and O–H groups in total. The molecule has 0 nitrogen and oxygen atoms in total. The third kappa shape index (κ3) is 2.81. The summed E-state index contributed by atoms with van der Waals surface area (Å²) >= 11 is 0. The van der Waals surface area contributed by atoms with E-state index in [1.807, 2.05) is 0 Å². The third-order valence-electron chi connectivity index (χ3n) is 3.52. The van der Waals surface area contributed by atoms with Crippen molar-refractivity contribution in [3.63, 3.8) is 0 Å². The fraction of sp³-hybridized carbons (Fsp3) is 1.00. The summed E-state index contributed by atoms with van der Waals surface area (Å²) in [6.07, 6.45) is 3.48. The van der Waals surface area contributed by atoms with E-state index in [4.69, 9.17) is 15.7 Å². The van der Waals surface area contributed by atoms with Crippen LogP contribution in [0.5, 0.6) is 0 Å². The molecule has 0 spiro atoms. The normalized spacial score (nSPS) is 14.4. The molecule has 0 rings (SSSR count). The van der Waals surface area contributed by atoms with E-state index in [1.54, 1.807) is 0 Å². The highest BCUT2D eigenvalue weighted by molar-refractivity contribution is 6.41. The molecule has 0 bridgehead atoms. The molecular formula is C12H24B2. The minimum atomic E-state index is -0.616. The van der Waals surface area contributed by atoms with Gasteiger partial charge in [-0.2, -0.15) is 0 Å². The Morgan fingerprint density at radius 2 is 1.36 bits per heavy atom. The van der Waals surface area contributed by atoms with Gasteiger partial charge in [-0.1, -0.05) is 59.6 Å². The van der Waals surface area contributed by atoms with Crippen LogP contribution in [0, 0.1) is 10.8 Å². The van der Waals surface area contributed by atoms with Crippen LogP contribution in [0.25, 0.3) is 0 Å². The van der Waals surface area contributed by atoms with Gasteiger partial charge in [-0.15, -0.1) is 0 Å². The first-order chi connectivity index (χ1) is 6.06. The molecule has 78 valence electrons. The largest absolute Gasteiger partial charge is 0.0894 e. The van der Waals surface area contributed by atoms with E-state index in [-0.39, 0.29) is 10.8 Å². The Morgan fingerprint density at radius 3 is 1.64 bits per heavy atom. The first-order valence-corrected chi connectivity index (χ1v) is 5.64. The van der Waals surface area contributed by atoms with E-state index >= 15 is 0 Å². The molecule has 0 aliphatic rings. The minimum absolute atomic E-state index is 0.0126. The Hall–Kier alpha value is 0.130. The molecule has 0 heterocycles. The second-order valence-electron chi connectivity index (χ2n) is 6.11. The van der Waals surface area contributed by atoms with Crippen LogP contribution in [0.4, 0.5) is 0 Å². The molecular weight excluding hydrogens is 166 g/mol. The second kappa shape index (κ2) is 4.33. The molecule has 0 aromatic heterocycles. The maximum absolute atomic E-state index is 6.29. The molecule has 4 radical (unpaired) electrons. The van der Waals surface area contributed by atoms with Gasteiger partial charge in [0.1, 0.15) is 0 Å². The number of rotatable bonds is 4. The van der Waals surface area contributed by atoms with Crippen LogP contribution < -0.4 is 0 Å². The van der Waals surface area contributed by atoms with Gasteiger partial charge in [-0.3, -0.25) is 0 Å². The zero-order valence-corrected chi connectivity index (χ0v) is 10.8. The maximum Gasteiger partial charge on any atom is 0.0634 e.